The number of carbonyl (C=O) groups excluding carboxylic acids is 1. The summed E-state index contributed by atoms with van der Waals surface area (Å²) in [7, 11) is 3.57. The molecule has 0 atom stereocenters. The van der Waals surface area contributed by atoms with Gasteiger partial charge < -0.3 is 20.0 Å². The Morgan fingerprint density at radius 1 is 1.07 bits per heavy atom. The molecule has 1 aromatic heterocycles. The van der Waals surface area contributed by atoms with E-state index in [-0.39, 0.29) is 5.91 Å². The Kier molecular flexibility index (Phi) is 6.11. The second-order valence-electron chi connectivity index (χ2n) is 8.51. The molecular weight excluding hydrogens is 374 g/mol. The fraction of sp³-hybridized carbons (Fsp3) is 0.500. The van der Waals surface area contributed by atoms with Crippen LogP contribution in [0.5, 0.6) is 0 Å². The van der Waals surface area contributed by atoms with Gasteiger partial charge in [-0.25, -0.2) is 0 Å². The molecule has 2 fully saturated rings. The van der Waals surface area contributed by atoms with Crippen LogP contribution in [0, 0.1) is 0 Å². The number of nitrogens with zero attached hydrogens (tertiary/aromatic N) is 4. The third-order valence-corrected chi connectivity index (χ3v) is 6.03. The number of amides is 1. The molecular formula is C24H33N5O. The molecule has 6 nitrogen and oxygen atoms in total. The summed E-state index contributed by atoms with van der Waals surface area (Å²) in [6.45, 7) is 6.75. The average Bonchev–Trinajstić information content (AvgIpc) is 3.62. The molecule has 2 heterocycles. The highest BCUT2D eigenvalue weighted by Gasteiger charge is 2.29. The summed E-state index contributed by atoms with van der Waals surface area (Å²) in [6, 6.07) is 8.89. The molecule has 2 aromatic rings. The van der Waals surface area contributed by atoms with Crippen molar-refractivity contribution in [3.8, 4) is 0 Å². The fourth-order valence-corrected chi connectivity index (χ4v) is 4.23. The van der Waals surface area contributed by atoms with Crippen LogP contribution in [0.2, 0.25) is 0 Å². The predicted molar refractivity (Wildman–Crippen MR) is 124 cm³/mol. The van der Waals surface area contributed by atoms with Crippen LogP contribution in [0.25, 0.3) is 0 Å². The van der Waals surface area contributed by atoms with Gasteiger partial charge in [-0.05, 0) is 36.8 Å². The van der Waals surface area contributed by atoms with Gasteiger partial charge in [0.05, 0.1) is 23.1 Å². The maximum Gasteiger partial charge on any atom is 0.257 e. The summed E-state index contributed by atoms with van der Waals surface area (Å²) < 4.78 is 0. The van der Waals surface area contributed by atoms with Gasteiger partial charge in [0.25, 0.3) is 5.91 Å². The maximum absolute atomic E-state index is 12.7. The molecule has 6 heteroatoms. The van der Waals surface area contributed by atoms with Crippen LogP contribution in [0.1, 0.15) is 48.0 Å². The van der Waals surface area contributed by atoms with Crippen LogP contribution < -0.4 is 15.1 Å². The number of hydrogen-bond donors (Lipinski definition) is 1. The Hall–Kier alpha value is -2.76. The van der Waals surface area contributed by atoms with Crippen LogP contribution in [0.4, 0.5) is 17.1 Å². The molecule has 160 valence electrons. The van der Waals surface area contributed by atoms with E-state index in [1.165, 1.54) is 24.1 Å². The molecule has 1 N–H and O–H groups in total. The number of carbonyl (C=O) groups is 1. The van der Waals surface area contributed by atoms with Crippen molar-refractivity contribution >= 4 is 23.0 Å². The van der Waals surface area contributed by atoms with Gasteiger partial charge in [-0.2, -0.15) is 0 Å². The number of rotatable bonds is 7. The van der Waals surface area contributed by atoms with E-state index in [0.717, 1.165) is 56.4 Å². The summed E-state index contributed by atoms with van der Waals surface area (Å²) in [5.74, 6) is 0.738. The molecule has 1 aromatic carbocycles. The minimum absolute atomic E-state index is 0.0139. The molecule has 0 spiro atoms. The minimum atomic E-state index is -0.0139. The fourth-order valence-electron chi connectivity index (χ4n) is 4.23. The lowest BCUT2D eigenvalue weighted by Crippen LogP contribution is -2.47. The van der Waals surface area contributed by atoms with Crippen molar-refractivity contribution in [3.63, 3.8) is 0 Å². The van der Waals surface area contributed by atoms with Gasteiger partial charge in [-0.15, -0.1) is 0 Å². The van der Waals surface area contributed by atoms with Gasteiger partial charge in [0.15, 0.2) is 0 Å². The number of para-hydroxylation sites is 1. The smallest absolute Gasteiger partial charge is 0.257 e. The van der Waals surface area contributed by atoms with Crippen molar-refractivity contribution in [2.24, 2.45) is 0 Å². The van der Waals surface area contributed by atoms with E-state index in [9.17, 15) is 4.79 Å². The Morgan fingerprint density at radius 2 is 1.73 bits per heavy atom. The van der Waals surface area contributed by atoms with Gasteiger partial charge in [0, 0.05) is 58.7 Å². The lowest BCUT2D eigenvalue weighted by atomic mass is 10.1. The lowest BCUT2D eigenvalue weighted by molar-refractivity contribution is 0.0828. The standard InChI is InChI=1S/C24H33N5O/c1-4-11-26-23-20(24(30)27(2)3)16-25-17-22(23)29-14-12-28(13-15-29)21-8-6-5-7-19(21)18-9-10-18/h5-8,16-18H,4,9-15H2,1-3H3,(H,25,26). The molecule has 4 rings (SSSR count). The molecule has 0 bridgehead atoms. The summed E-state index contributed by atoms with van der Waals surface area (Å²) in [6.07, 6.45) is 7.23. The summed E-state index contributed by atoms with van der Waals surface area (Å²) in [5.41, 5.74) is 5.51. The average molecular weight is 408 g/mol. The van der Waals surface area contributed by atoms with Crippen molar-refractivity contribution in [3.05, 3.63) is 47.8 Å². The topological polar surface area (TPSA) is 51.7 Å². The molecule has 1 saturated heterocycles. The highest BCUT2D eigenvalue weighted by Crippen LogP contribution is 2.44. The summed E-state index contributed by atoms with van der Waals surface area (Å²) in [5, 5.41) is 3.50. The van der Waals surface area contributed by atoms with E-state index in [2.05, 4.69) is 51.3 Å². The first-order chi connectivity index (χ1) is 14.6. The zero-order valence-electron chi connectivity index (χ0n) is 18.4. The van der Waals surface area contributed by atoms with Crippen LogP contribution in [0.3, 0.4) is 0 Å². The maximum atomic E-state index is 12.7. The Balaban J connectivity index is 1.54. The normalized spacial score (nSPS) is 16.5. The number of benzene rings is 1. The van der Waals surface area contributed by atoms with Crippen molar-refractivity contribution < 1.29 is 4.79 Å². The first kappa shape index (κ1) is 20.5. The van der Waals surface area contributed by atoms with Gasteiger partial charge in [0.2, 0.25) is 0 Å². The van der Waals surface area contributed by atoms with E-state index >= 15 is 0 Å². The van der Waals surface area contributed by atoms with Crippen LogP contribution in [-0.4, -0.2) is 62.6 Å². The monoisotopic (exact) mass is 407 g/mol. The third-order valence-electron chi connectivity index (χ3n) is 6.03. The SMILES string of the molecule is CCCNc1c(C(=O)N(C)C)cncc1N1CCN(c2ccccc2C2CC2)CC1. The summed E-state index contributed by atoms with van der Waals surface area (Å²) >= 11 is 0. The number of anilines is 3. The van der Waals surface area contributed by atoms with E-state index in [1.807, 2.05) is 6.20 Å². The molecule has 0 unspecified atom stereocenters. The van der Waals surface area contributed by atoms with Gasteiger partial charge in [0.1, 0.15) is 0 Å². The summed E-state index contributed by atoms with van der Waals surface area (Å²) in [4.78, 5) is 23.6. The largest absolute Gasteiger partial charge is 0.383 e. The molecule has 1 amide bonds. The van der Waals surface area contributed by atoms with E-state index in [4.69, 9.17) is 0 Å². The number of nitrogens with one attached hydrogen (secondary N) is 1. The third kappa shape index (κ3) is 4.23. The van der Waals surface area contributed by atoms with E-state index in [1.54, 1.807) is 25.2 Å². The molecule has 1 aliphatic heterocycles. The second-order valence-corrected chi connectivity index (χ2v) is 8.51. The van der Waals surface area contributed by atoms with Crippen LogP contribution >= 0.6 is 0 Å². The lowest BCUT2D eigenvalue weighted by Gasteiger charge is -2.39. The predicted octanol–water partition coefficient (Wildman–Crippen LogP) is 3.81. The van der Waals surface area contributed by atoms with Crippen molar-refractivity contribution in [1.29, 1.82) is 0 Å². The quantitative estimate of drug-likeness (QED) is 0.756. The van der Waals surface area contributed by atoms with E-state index in [0.29, 0.717) is 5.56 Å². The van der Waals surface area contributed by atoms with Gasteiger partial charge in [-0.3, -0.25) is 9.78 Å². The number of aromatic nitrogens is 1. The highest BCUT2D eigenvalue weighted by atomic mass is 16.2. The number of hydrogen-bond acceptors (Lipinski definition) is 5. The van der Waals surface area contributed by atoms with Gasteiger partial charge in [-0.1, -0.05) is 25.1 Å². The molecule has 30 heavy (non-hydrogen) atoms. The highest BCUT2D eigenvalue weighted by molar-refractivity contribution is 6.02. The van der Waals surface area contributed by atoms with Crippen LogP contribution in [0.15, 0.2) is 36.7 Å². The molecule has 1 aliphatic carbocycles. The van der Waals surface area contributed by atoms with Crippen molar-refractivity contribution in [2.75, 3.05) is 61.9 Å². The first-order valence-corrected chi connectivity index (χ1v) is 11.1. The minimum Gasteiger partial charge on any atom is -0.383 e. The van der Waals surface area contributed by atoms with Crippen LogP contribution in [-0.2, 0) is 0 Å². The van der Waals surface area contributed by atoms with Gasteiger partial charge >= 0.3 is 0 Å². The van der Waals surface area contributed by atoms with E-state index < -0.39 is 0 Å². The Morgan fingerprint density at radius 3 is 2.37 bits per heavy atom. The number of piperazine rings is 1. The van der Waals surface area contributed by atoms with Crippen molar-refractivity contribution in [1.82, 2.24) is 9.88 Å². The molecule has 0 radical (unpaired) electrons. The zero-order chi connectivity index (χ0) is 21.1. The van der Waals surface area contributed by atoms with Crippen molar-refractivity contribution in [2.45, 2.75) is 32.1 Å². The first-order valence-electron chi connectivity index (χ1n) is 11.1. The number of pyridine rings is 1. The Labute approximate surface area is 179 Å². The molecule has 2 aliphatic rings. The molecule has 1 saturated carbocycles. The zero-order valence-corrected chi connectivity index (χ0v) is 18.4. The Bertz CT molecular complexity index is 885. The second kappa shape index (κ2) is 8.94.